The fraction of sp³-hybridized carbons (Fsp3) is 0.192. The smallest absolute Gasteiger partial charge is 0.252 e. The number of hydrogen-bond donors (Lipinski definition) is 0. The largest absolute Gasteiger partial charge is 0.312 e. The first-order chi connectivity index (χ1) is 27.4. The van der Waals surface area contributed by atoms with Gasteiger partial charge in [0.15, 0.2) is 8.07 Å². The number of fused-ring (bicyclic) bond motifs is 6. The number of hydrogen-bond acceptors (Lipinski definition) is 2. The van der Waals surface area contributed by atoms with Crippen molar-refractivity contribution < 1.29 is 0 Å². The van der Waals surface area contributed by atoms with Crippen molar-refractivity contribution in [3.63, 3.8) is 0 Å². The molecule has 7 aromatic carbocycles. The highest BCUT2D eigenvalue weighted by Crippen LogP contribution is 2.48. The van der Waals surface area contributed by atoms with Crippen LogP contribution in [0.1, 0.15) is 69.9 Å². The van der Waals surface area contributed by atoms with Gasteiger partial charge in [-0.05, 0) is 109 Å². The average molecular weight is 739 g/mol. The van der Waals surface area contributed by atoms with Crippen LogP contribution < -0.4 is 46.9 Å². The molecule has 0 amide bonds. The molecule has 2 nitrogen and oxygen atoms in total. The van der Waals surface area contributed by atoms with Gasteiger partial charge >= 0.3 is 0 Å². The first-order valence-electron chi connectivity index (χ1n) is 20.8. The van der Waals surface area contributed by atoms with Crippen LogP contribution in [0.3, 0.4) is 0 Å². The van der Waals surface area contributed by atoms with Crippen molar-refractivity contribution in [3.05, 3.63) is 175 Å². The van der Waals surface area contributed by atoms with E-state index in [1.54, 1.807) is 0 Å². The number of para-hydroxylation sites is 3. The molecule has 272 valence electrons. The minimum atomic E-state index is -2.78. The number of nitrogens with zero attached hydrogens (tertiary/aromatic N) is 2. The fourth-order valence-corrected chi connectivity index (χ4v) is 16.0. The molecule has 0 bridgehead atoms. The Bertz CT molecular complexity index is 2590. The average Bonchev–Trinajstić information content (AvgIpc) is 3.25. The van der Waals surface area contributed by atoms with Crippen LogP contribution in [0.15, 0.2) is 164 Å². The van der Waals surface area contributed by atoms with E-state index in [1.807, 2.05) is 0 Å². The van der Waals surface area contributed by atoms with Gasteiger partial charge in [0.1, 0.15) is 0 Å². The first kappa shape index (κ1) is 33.7. The molecule has 4 aliphatic rings. The molecule has 4 heteroatoms. The maximum Gasteiger partial charge on any atom is 0.252 e. The second-order valence-electron chi connectivity index (χ2n) is 17.5. The summed E-state index contributed by atoms with van der Waals surface area (Å²) in [5.41, 5.74) is 15.1. The van der Waals surface area contributed by atoms with Crippen LogP contribution in [0.4, 0.5) is 34.1 Å². The van der Waals surface area contributed by atoms with Gasteiger partial charge in [0.05, 0.1) is 0 Å². The van der Waals surface area contributed by atoms with E-state index in [0.717, 1.165) is 0 Å². The lowest BCUT2D eigenvalue weighted by Gasteiger charge is -2.51. The minimum Gasteiger partial charge on any atom is -0.312 e. The SMILES string of the molecule is CC(C)(C)c1ccc2c(c1)N(c1ccccc1)c1cc(C3CCCCC3)cc3c1B2c1cccc2c1N3c1ccccc1[Si]2(c1ccccc1)c1ccccc1. The Balaban J connectivity index is 1.29. The molecular formula is C52H47BN2Si. The van der Waals surface area contributed by atoms with E-state index in [1.165, 1.54) is 114 Å². The number of rotatable bonds is 4. The molecule has 56 heavy (non-hydrogen) atoms. The molecule has 0 radical (unpaired) electrons. The second-order valence-corrected chi connectivity index (χ2v) is 21.2. The zero-order valence-corrected chi connectivity index (χ0v) is 33.7. The Morgan fingerprint density at radius 1 is 0.518 bits per heavy atom. The van der Waals surface area contributed by atoms with Crippen LogP contribution in [0.25, 0.3) is 0 Å². The van der Waals surface area contributed by atoms with E-state index in [2.05, 4.69) is 194 Å². The third-order valence-electron chi connectivity index (χ3n) is 13.4. The Morgan fingerprint density at radius 3 is 1.80 bits per heavy atom. The van der Waals surface area contributed by atoms with E-state index in [0.29, 0.717) is 5.92 Å². The Morgan fingerprint density at radius 2 is 1.12 bits per heavy atom. The minimum absolute atomic E-state index is 0.0162. The molecule has 3 heterocycles. The summed E-state index contributed by atoms with van der Waals surface area (Å²) in [5.74, 6) is 0.558. The molecule has 0 aromatic heterocycles. The van der Waals surface area contributed by atoms with Crippen molar-refractivity contribution in [3.8, 4) is 0 Å². The van der Waals surface area contributed by atoms with Gasteiger partial charge in [-0.1, -0.05) is 167 Å². The highest BCUT2D eigenvalue weighted by Gasteiger charge is 2.53. The van der Waals surface area contributed by atoms with Crippen molar-refractivity contribution in [1.82, 2.24) is 0 Å². The van der Waals surface area contributed by atoms with Gasteiger partial charge < -0.3 is 9.80 Å². The van der Waals surface area contributed by atoms with Gasteiger partial charge in [-0.15, -0.1) is 0 Å². The molecule has 0 saturated heterocycles. The standard InChI is InChI=1S/C52H47BN2Si/c1-52(2,3)38-31-32-42-45(35-38)54(39-21-10-5-11-22-39)46-33-37(36-19-8-4-9-20-36)34-47-50(46)53(42)43-27-18-30-49-51(43)55(47)44-28-16-17-29-48(44)56(49,40-23-12-6-13-24-40)41-25-14-7-15-26-41/h5-7,10-18,21-36H,4,8-9,19-20H2,1-3H3. The van der Waals surface area contributed by atoms with Crippen LogP contribution in [0, 0.1) is 0 Å². The van der Waals surface area contributed by atoms with E-state index in [-0.39, 0.29) is 12.1 Å². The summed E-state index contributed by atoms with van der Waals surface area (Å²) in [6.07, 6.45) is 6.48. The van der Waals surface area contributed by atoms with Gasteiger partial charge in [0, 0.05) is 34.1 Å². The summed E-state index contributed by atoms with van der Waals surface area (Å²) >= 11 is 0. The Hall–Kier alpha value is -5.58. The molecule has 11 rings (SSSR count). The number of benzene rings is 7. The summed E-state index contributed by atoms with van der Waals surface area (Å²) in [5, 5.41) is 5.81. The molecular weight excluding hydrogens is 691 g/mol. The molecule has 7 aromatic rings. The lowest BCUT2D eigenvalue weighted by atomic mass is 9.33. The predicted octanol–water partition coefficient (Wildman–Crippen LogP) is 8.81. The Kier molecular flexibility index (Phi) is 7.67. The van der Waals surface area contributed by atoms with Crippen molar-refractivity contribution >= 4 is 86.0 Å². The quantitative estimate of drug-likeness (QED) is 0.167. The normalized spacial score (nSPS) is 16.4. The lowest BCUT2D eigenvalue weighted by Crippen LogP contribution is -2.79. The maximum absolute atomic E-state index is 2.78. The summed E-state index contributed by atoms with van der Waals surface area (Å²) < 4.78 is 0. The topological polar surface area (TPSA) is 6.48 Å². The summed E-state index contributed by atoms with van der Waals surface area (Å²) in [7, 11) is -2.78. The van der Waals surface area contributed by atoms with Gasteiger partial charge in [0.2, 0.25) is 0 Å². The van der Waals surface area contributed by atoms with E-state index < -0.39 is 8.07 Å². The van der Waals surface area contributed by atoms with Crippen LogP contribution in [-0.4, -0.2) is 14.8 Å². The predicted molar refractivity (Wildman–Crippen MR) is 242 cm³/mol. The number of anilines is 6. The molecule has 1 fully saturated rings. The van der Waals surface area contributed by atoms with Crippen LogP contribution in [-0.2, 0) is 5.41 Å². The van der Waals surface area contributed by atoms with Gasteiger partial charge in [0.25, 0.3) is 6.71 Å². The van der Waals surface area contributed by atoms with Crippen LogP contribution in [0.5, 0.6) is 0 Å². The van der Waals surface area contributed by atoms with Crippen molar-refractivity contribution in [1.29, 1.82) is 0 Å². The molecule has 1 aliphatic carbocycles. The van der Waals surface area contributed by atoms with E-state index in [9.17, 15) is 0 Å². The lowest BCUT2D eigenvalue weighted by molar-refractivity contribution is 0.444. The van der Waals surface area contributed by atoms with Gasteiger partial charge in [-0.25, -0.2) is 0 Å². The first-order valence-corrected chi connectivity index (χ1v) is 22.8. The second kappa shape index (κ2) is 12.7. The Labute approximate surface area is 333 Å². The van der Waals surface area contributed by atoms with E-state index >= 15 is 0 Å². The third kappa shape index (κ3) is 4.81. The summed E-state index contributed by atoms with van der Waals surface area (Å²) in [4.78, 5) is 5.33. The van der Waals surface area contributed by atoms with Gasteiger partial charge in [-0.3, -0.25) is 0 Å². The summed E-state index contributed by atoms with van der Waals surface area (Å²) in [6.45, 7) is 7.13. The summed E-state index contributed by atoms with van der Waals surface area (Å²) in [6, 6.07) is 63.5. The monoisotopic (exact) mass is 738 g/mol. The zero-order valence-electron chi connectivity index (χ0n) is 32.7. The van der Waals surface area contributed by atoms with Gasteiger partial charge in [-0.2, -0.15) is 0 Å². The highest BCUT2D eigenvalue weighted by molar-refractivity contribution is 7.22. The van der Waals surface area contributed by atoms with Crippen LogP contribution in [0.2, 0.25) is 0 Å². The molecule has 0 atom stereocenters. The fourth-order valence-electron chi connectivity index (χ4n) is 10.9. The van der Waals surface area contributed by atoms with Crippen molar-refractivity contribution in [2.45, 2.75) is 64.2 Å². The molecule has 0 N–H and O–H groups in total. The zero-order chi connectivity index (χ0) is 37.6. The highest BCUT2D eigenvalue weighted by atomic mass is 28.3. The van der Waals surface area contributed by atoms with Crippen molar-refractivity contribution in [2.75, 3.05) is 9.80 Å². The maximum atomic E-state index is 2.72. The molecule has 1 saturated carbocycles. The van der Waals surface area contributed by atoms with Crippen LogP contribution >= 0.6 is 0 Å². The molecule has 0 spiro atoms. The molecule has 3 aliphatic heterocycles. The third-order valence-corrected chi connectivity index (χ3v) is 18.3. The molecule has 0 unspecified atom stereocenters. The van der Waals surface area contributed by atoms with Crippen molar-refractivity contribution in [2.24, 2.45) is 0 Å². The van der Waals surface area contributed by atoms with E-state index in [4.69, 9.17) is 0 Å².